The predicted molar refractivity (Wildman–Crippen MR) is 61.7 cm³/mol. The van der Waals surface area contributed by atoms with Gasteiger partial charge >= 0.3 is 0 Å². The van der Waals surface area contributed by atoms with Gasteiger partial charge in [-0.3, -0.25) is 0 Å². The van der Waals surface area contributed by atoms with Gasteiger partial charge in [0.15, 0.2) is 0 Å². The standard InChI is InChI=1S/C13H19N/c1-3-10(2)11-8-9-14-13-7-5-4-6-12(11)13/h4-7,10-11,14H,3,8-9H2,1-2H3. The Morgan fingerprint density at radius 1 is 1.43 bits per heavy atom. The molecule has 1 aliphatic heterocycles. The summed E-state index contributed by atoms with van der Waals surface area (Å²) in [5, 5.41) is 3.47. The van der Waals surface area contributed by atoms with Crippen LogP contribution in [0.15, 0.2) is 24.3 Å². The minimum absolute atomic E-state index is 0.762. The summed E-state index contributed by atoms with van der Waals surface area (Å²) < 4.78 is 0. The van der Waals surface area contributed by atoms with Crippen molar-refractivity contribution in [2.24, 2.45) is 5.92 Å². The van der Waals surface area contributed by atoms with Crippen LogP contribution in [0.4, 0.5) is 5.69 Å². The Hall–Kier alpha value is -0.980. The lowest BCUT2D eigenvalue weighted by molar-refractivity contribution is 0.423. The summed E-state index contributed by atoms with van der Waals surface area (Å²) in [7, 11) is 0. The van der Waals surface area contributed by atoms with Crippen LogP contribution in [0.3, 0.4) is 0 Å². The molecule has 0 fully saturated rings. The van der Waals surface area contributed by atoms with Crippen LogP contribution >= 0.6 is 0 Å². The van der Waals surface area contributed by atoms with Crippen molar-refractivity contribution >= 4 is 5.69 Å². The largest absolute Gasteiger partial charge is 0.385 e. The molecule has 2 rings (SSSR count). The van der Waals surface area contributed by atoms with Crippen LogP contribution in [0.1, 0.15) is 38.2 Å². The van der Waals surface area contributed by atoms with Crippen molar-refractivity contribution < 1.29 is 0 Å². The van der Waals surface area contributed by atoms with E-state index < -0.39 is 0 Å². The topological polar surface area (TPSA) is 12.0 Å². The second-order valence-corrected chi connectivity index (χ2v) is 4.29. The number of nitrogens with one attached hydrogen (secondary N) is 1. The SMILES string of the molecule is CCC(C)C1CCNc2ccccc21. The van der Waals surface area contributed by atoms with E-state index in [9.17, 15) is 0 Å². The molecule has 2 unspecified atom stereocenters. The highest BCUT2D eigenvalue weighted by molar-refractivity contribution is 5.54. The molecular weight excluding hydrogens is 170 g/mol. The highest BCUT2D eigenvalue weighted by Gasteiger charge is 2.23. The van der Waals surface area contributed by atoms with Gasteiger partial charge in [0, 0.05) is 12.2 Å². The molecule has 1 aromatic carbocycles. The maximum atomic E-state index is 3.47. The lowest BCUT2D eigenvalue weighted by atomic mass is 9.80. The van der Waals surface area contributed by atoms with Crippen LogP contribution in [0.5, 0.6) is 0 Å². The van der Waals surface area contributed by atoms with Crippen molar-refractivity contribution in [1.29, 1.82) is 0 Å². The number of fused-ring (bicyclic) bond motifs is 1. The Labute approximate surface area is 86.5 Å². The molecule has 1 nitrogen and oxygen atoms in total. The average Bonchev–Trinajstić information content (AvgIpc) is 2.27. The van der Waals surface area contributed by atoms with E-state index in [1.165, 1.54) is 24.1 Å². The second-order valence-electron chi connectivity index (χ2n) is 4.29. The van der Waals surface area contributed by atoms with Gasteiger partial charge in [-0.05, 0) is 29.9 Å². The highest BCUT2D eigenvalue weighted by Crippen LogP contribution is 2.37. The first-order valence-corrected chi connectivity index (χ1v) is 5.65. The Balaban J connectivity index is 2.30. The molecule has 0 saturated carbocycles. The number of hydrogen-bond acceptors (Lipinski definition) is 1. The summed E-state index contributed by atoms with van der Waals surface area (Å²) in [5.41, 5.74) is 2.87. The van der Waals surface area contributed by atoms with E-state index in [0.717, 1.165) is 18.4 Å². The third-order valence-corrected chi connectivity index (χ3v) is 3.46. The predicted octanol–water partition coefficient (Wildman–Crippen LogP) is 3.63. The molecule has 0 bridgehead atoms. The van der Waals surface area contributed by atoms with Crippen LogP contribution < -0.4 is 5.32 Å². The van der Waals surface area contributed by atoms with E-state index in [2.05, 4.69) is 43.4 Å². The van der Waals surface area contributed by atoms with Crippen LogP contribution in [-0.4, -0.2) is 6.54 Å². The van der Waals surface area contributed by atoms with Gasteiger partial charge in [0.1, 0.15) is 0 Å². The molecule has 1 heterocycles. The fourth-order valence-corrected chi connectivity index (χ4v) is 2.37. The van der Waals surface area contributed by atoms with Gasteiger partial charge in [-0.25, -0.2) is 0 Å². The monoisotopic (exact) mass is 189 g/mol. The Morgan fingerprint density at radius 3 is 3.00 bits per heavy atom. The van der Waals surface area contributed by atoms with Crippen molar-refractivity contribution in [3.05, 3.63) is 29.8 Å². The van der Waals surface area contributed by atoms with Crippen molar-refractivity contribution in [2.45, 2.75) is 32.6 Å². The number of benzene rings is 1. The molecule has 1 aromatic rings. The molecule has 0 amide bonds. The van der Waals surface area contributed by atoms with E-state index >= 15 is 0 Å². The van der Waals surface area contributed by atoms with E-state index in [1.54, 1.807) is 0 Å². The van der Waals surface area contributed by atoms with E-state index in [1.807, 2.05) is 0 Å². The quantitative estimate of drug-likeness (QED) is 0.749. The maximum absolute atomic E-state index is 3.47. The van der Waals surface area contributed by atoms with Crippen molar-refractivity contribution in [3.63, 3.8) is 0 Å². The number of para-hydroxylation sites is 1. The smallest absolute Gasteiger partial charge is 0.0375 e. The van der Waals surface area contributed by atoms with E-state index in [4.69, 9.17) is 0 Å². The molecular formula is C13H19N. The van der Waals surface area contributed by atoms with Gasteiger partial charge in [0.05, 0.1) is 0 Å². The zero-order chi connectivity index (χ0) is 9.97. The molecule has 14 heavy (non-hydrogen) atoms. The first kappa shape index (κ1) is 9.57. The lowest BCUT2D eigenvalue weighted by Crippen LogP contribution is -2.21. The fourth-order valence-electron chi connectivity index (χ4n) is 2.37. The Morgan fingerprint density at radius 2 is 2.21 bits per heavy atom. The van der Waals surface area contributed by atoms with E-state index in [-0.39, 0.29) is 0 Å². The molecule has 0 spiro atoms. The zero-order valence-corrected chi connectivity index (χ0v) is 9.09. The van der Waals surface area contributed by atoms with Crippen LogP contribution in [-0.2, 0) is 0 Å². The minimum Gasteiger partial charge on any atom is -0.385 e. The number of rotatable bonds is 2. The number of anilines is 1. The maximum Gasteiger partial charge on any atom is 0.0375 e. The molecule has 0 aromatic heterocycles. The average molecular weight is 189 g/mol. The molecule has 76 valence electrons. The first-order chi connectivity index (χ1) is 6.83. The van der Waals surface area contributed by atoms with Crippen LogP contribution in [0, 0.1) is 5.92 Å². The molecule has 0 radical (unpaired) electrons. The van der Waals surface area contributed by atoms with Gasteiger partial charge in [-0.15, -0.1) is 0 Å². The molecule has 1 heteroatoms. The Kier molecular flexibility index (Phi) is 2.76. The summed E-state index contributed by atoms with van der Waals surface area (Å²) in [6.07, 6.45) is 2.56. The van der Waals surface area contributed by atoms with Crippen LogP contribution in [0.25, 0.3) is 0 Å². The summed E-state index contributed by atoms with van der Waals surface area (Å²) in [6, 6.07) is 8.74. The minimum atomic E-state index is 0.762. The van der Waals surface area contributed by atoms with Gasteiger partial charge in [-0.1, -0.05) is 38.5 Å². The zero-order valence-electron chi connectivity index (χ0n) is 9.09. The first-order valence-electron chi connectivity index (χ1n) is 5.65. The van der Waals surface area contributed by atoms with Gasteiger partial charge in [0.25, 0.3) is 0 Å². The van der Waals surface area contributed by atoms with Crippen molar-refractivity contribution in [3.8, 4) is 0 Å². The fraction of sp³-hybridized carbons (Fsp3) is 0.538. The molecule has 2 atom stereocenters. The normalized spacial score (nSPS) is 22.3. The summed E-state index contributed by atoms with van der Waals surface area (Å²) in [4.78, 5) is 0. The summed E-state index contributed by atoms with van der Waals surface area (Å²) in [6.45, 7) is 5.79. The highest BCUT2D eigenvalue weighted by atomic mass is 14.9. The lowest BCUT2D eigenvalue weighted by Gasteiger charge is -2.30. The van der Waals surface area contributed by atoms with Gasteiger partial charge < -0.3 is 5.32 Å². The summed E-state index contributed by atoms with van der Waals surface area (Å²) >= 11 is 0. The van der Waals surface area contributed by atoms with Gasteiger partial charge in [0.2, 0.25) is 0 Å². The number of hydrogen-bond donors (Lipinski definition) is 1. The Bertz CT molecular complexity index is 306. The molecule has 0 saturated heterocycles. The third-order valence-electron chi connectivity index (χ3n) is 3.46. The summed E-state index contributed by atoms with van der Waals surface area (Å²) in [5.74, 6) is 1.57. The molecule has 1 aliphatic rings. The second kappa shape index (κ2) is 4.04. The van der Waals surface area contributed by atoms with Crippen molar-refractivity contribution in [2.75, 3.05) is 11.9 Å². The van der Waals surface area contributed by atoms with E-state index in [0.29, 0.717) is 0 Å². The third kappa shape index (κ3) is 1.63. The molecule has 1 N–H and O–H groups in total. The van der Waals surface area contributed by atoms with Gasteiger partial charge in [-0.2, -0.15) is 0 Å². The molecule has 0 aliphatic carbocycles. The van der Waals surface area contributed by atoms with Crippen LogP contribution in [0.2, 0.25) is 0 Å². The van der Waals surface area contributed by atoms with Crippen molar-refractivity contribution in [1.82, 2.24) is 0 Å².